The molecule has 1 atom stereocenters. The van der Waals surface area contributed by atoms with Crippen LogP contribution in [0.3, 0.4) is 0 Å². The standard InChI is InChI=1S/C26H28ClFN4O2/c1-17(29-26(33)14-18-4-6-22(28)21(27)13-18)20-15-19(23-16-32-8-2-3-25(32)30-23)5-7-24(20)31-9-11-34-12-10-31/h4-7,13,15-17H,2-3,8-12,14H2,1H3,(H,29,33). The van der Waals surface area contributed by atoms with Crippen LogP contribution in [-0.2, 0) is 28.9 Å². The van der Waals surface area contributed by atoms with Crippen LogP contribution in [0.1, 0.15) is 36.3 Å². The Labute approximate surface area is 203 Å². The number of nitrogens with one attached hydrogen (secondary N) is 1. The summed E-state index contributed by atoms with van der Waals surface area (Å²) in [5.41, 5.74) is 4.81. The van der Waals surface area contributed by atoms with Gasteiger partial charge >= 0.3 is 0 Å². The van der Waals surface area contributed by atoms with E-state index >= 15 is 0 Å². The first-order chi connectivity index (χ1) is 16.5. The number of halogens is 2. The van der Waals surface area contributed by atoms with Gasteiger partial charge in [-0.2, -0.15) is 0 Å². The molecular formula is C26H28ClFN4O2. The number of hydrogen-bond donors (Lipinski definition) is 1. The largest absolute Gasteiger partial charge is 0.378 e. The van der Waals surface area contributed by atoms with Gasteiger partial charge in [-0.3, -0.25) is 4.79 Å². The quantitative estimate of drug-likeness (QED) is 0.560. The Morgan fingerprint density at radius 1 is 1.21 bits per heavy atom. The lowest BCUT2D eigenvalue weighted by Gasteiger charge is -2.32. The highest BCUT2D eigenvalue weighted by atomic mass is 35.5. The summed E-state index contributed by atoms with van der Waals surface area (Å²) in [7, 11) is 0. The Hall–Kier alpha value is -2.90. The van der Waals surface area contributed by atoms with Crippen LogP contribution in [0.5, 0.6) is 0 Å². The van der Waals surface area contributed by atoms with E-state index in [1.807, 2.05) is 6.92 Å². The van der Waals surface area contributed by atoms with E-state index in [-0.39, 0.29) is 23.4 Å². The van der Waals surface area contributed by atoms with Crippen LogP contribution >= 0.6 is 11.6 Å². The molecular weight excluding hydrogens is 455 g/mol. The summed E-state index contributed by atoms with van der Waals surface area (Å²) in [6.07, 6.45) is 4.41. The summed E-state index contributed by atoms with van der Waals surface area (Å²) < 4.78 is 21.2. The molecule has 1 unspecified atom stereocenters. The van der Waals surface area contributed by atoms with Gasteiger partial charge in [0, 0.05) is 43.5 Å². The minimum absolute atomic E-state index is 0.0209. The molecule has 178 valence electrons. The molecule has 1 amide bonds. The second-order valence-electron chi connectivity index (χ2n) is 8.93. The normalized spacial score (nSPS) is 16.4. The summed E-state index contributed by atoms with van der Waals surface area (Å²) >= 11 is 5.88. The molecule has 5 rings (SSSR count). The summed E-state index contributed by atoms with van der Waals surface area (Å²) in [4.78, 5) is 20.0. The Kier molecular flexibility index (Phi) is 6.57. The first-order valence-corrected chi connectivity index (χ1v) is 12.1. The molecule has 1 aromatic heterocycles. The average molecular weight is 483 g/mol. The minimum Gasteiger partial charge on any atom is -0.378 e. The van der Waals surface area contributed by atoms with Crippen molar-refractivity contribution >= 4 is 23.2 Å². The van der Waals surface area contributed by atoms with Crippen molar-refractivity contribution in [2.75, 3.05) is 31.2 Å². The van der Waals surface area contributed by atoms with E-state index in [0.29, 0.717) is 18.8 Å². The van der Waals surface area contributed by atoms with E-state index in [2.05, 4.69) is 39.2 Å². The van der Waals surface area contributed by atoms with Crippen molar-refractivity contribution in [1.82, 2.24) is 14.9 Å². The van der Waals surface area contributed by atoms with Crippen LogP contribution in [0, 0.1) is 5.82 Å². The van der Waals surface area contributed by atoms with Crippen LogP contribution in [0.2, 0.25) is 5.02 Å². The molecule has 0 bridgehead atoms. The molecule has 6 nitrogen and oxygen atoms in total. The highest BCUT2D eigenvalue weighted by molar-refractivity contribution is 6.30. The lowest BCUT2D eigenvalue weighted by atomic mass is 9.99. The first-order valence-electron chi connectivity index (χ1n) is 11.7. The van der Waals surface area contributed by atoms with E-state index in [1.54, 1.807) is 6.07 Å². The van der Waals surface area contributed by atoms with Gasteiger partial charge in [0.15, 0.2) is 0 Å². The third-order valence-corrected chi connectivity index (χ3v) is 6.82. The highest BCUT2D eigenvalue weighted by Crippen LogP contribution is 2.33. The molecule has 8 heteroatoms. The number of hydrogen-bond acceptors (Lipinski definition) is 4. The van der Waals surface area contributed by atoms with E-state index in [0.717, 1.165) is 60.8 Å². The van der Waals surface area contributed by atoms with Crippen molar-refractivity contribution in [1.29, 1.82) is 0 Å². The smallest absolute Gasteiger partial charge is 0.224 e. The van der Waals surface area contributed by atoms with Crippen LogP contribution in [0.15, 0.2) is 42.6 Å². The van der Waals surface area contributed by atoms with Crippen molar-refractivity contribution in [3.63, 3.8) is 0 Å². The number of imidazole rings is 1. The lowest BCUT2D eigenvalue weighted by Crippen LogP contribution is -2.38. The zero-order valence-corrected chi connectivity index (χ0v) is 19.9. The van der Waals surface area contributed by atoms with Crippen molar-refractivity contribution < 1.29 is 13.9 Å². The minimum atomic E-state index is -0.489. The van der Waals surface area contributed by atoms with E-state index in [1.165, 1.54) is 12.1 Å². The van der Waals surface area contributed by atoms with Crippen molar-refractivity contribution in [2.24, 2.45) is 0 Å². The third-order valence-electron chi connectivity index (χ3n) is 6.53. The monoisotopic (exact) mass is 482 g/mol. The molecule has 2 aliphatic rings. The molecule has 1 saturated heterocycles. The van der Waals surface area contributed by atoms with Crippen molar-refractivity contribution in [3.8, 4) is 11.3 Å². The summed E-state index contributed by atoms with van der Waals surface area (Å²) in [6.45, 7) is 5.98. The highest BCUT2D eigenvalue weighted by Gasteiger charge is 2.22. The summed E-state index contributed by atoms with van der Waals surface area (Å²) in [5, 5.41) is 3.14. The van der Waals surface area contributed by atoms with Crippen LogP contribution < -0.4 is 10.2 Å². The number of anilines is 1. The van der Waals surface area contributed by atoms with Gasteiger partial charge in [0.25, 0.3) is 0 Å². The van der Waals surface area contributed by atoms with E-state index < -0.39 is 5.82 Å². The zero-order chi connectivity index (χ0) is 23.7. The average Bonchev–Trinajstić information content (AvgIpc) is 3.44. The van der Waals surface area contributed by atoms with Crippen LogP contribution in [0.4, 0.5) is 10.1 Å². The predicted octanol–water partition coefficient (Wildman–Crippen LogP) is 4.55. The molecule has 1 fully saturated rings. The van der Waals surface area contributed by atoms with E-state index in [4.69, 9.17) is 21.3 Å². The van der Waals surface area contributed by atoms with Gasteiger partial charge in [0.1, 0.15) is 11.6 Å². The number of morpholine rings is 1. The van der Waals surface area contributed by atoms with Crippen LogP contribution in [0.25, 0.3) is 11.3 Å². The second-order valence-corrected chi connectivity index (χ2v) is 9.33. The zero-order valence-electron chi connectivity index (χ0n) is 19.2. The molecule has 0 aliphatic carbocycles. The number of aryl methyl sites for hydroxylation is 2. The fraction of sp³-hybridized carbons (Fsp3) is 0.385. The predicted molar refractivity (Wildman–Crippen MR) is 131 cm³/mol. The van der Waals surface area contributed by atoms with Gasteiger partial charge in [0.2, 0.25) is 5.91 Å². The maximum atomic E-state index is 13.5. The molecule has 34 heavy (non-hydrogen) atoms. The number of fused-ring (bicyclic) bond motifs is 1. The molecule has 3 aromatic rings. The number of carbonyl (C=O) groups is 1. The maximum absolute atomic E-state index is 13.5. The topological polar surface area (TPSA) is 59.4 Å². The lowest BCUT2D eigenvalue weighted by molar-refractivity contribution is -0.121. The number of rotatable bonds is 6. The number of carbonyl (C=O) groups excluding carboxylic acids is 1. The molecule has 1 N–H and O–H groups in total. The Morgan fingerprint density at radius 2 is 2.03 bits per heavy atom. The second kappa shape index (κ2) is 9.76. The fourth-order valence-corrected chi connectivity index (χ4v) is 4.96. The molecule has 3 heterocycles. The fourth-order valence-electron chi connectivity index (χ4n) is 4.75. The number of amides is 1. The first kappa shape index (κ1) is 22.9. The number of ether oxygens (including phenoxy) is 1. The van der Waals surface area contributed by atoms with Gasteiger partial charge in [-0.15, -0.1) is 0 Å². The van der Waals surface area contributed by atoms with Crippen molar-refractivity contribution in [3.05, 3.63) is 70.4 Å². The molecule has 2 aromatic carbocycles. The number of benzene rings is 2. The summed E-state index contributed by atoms with van der Waals surface area (Å²) in [5.74, 6) is 0.499. The van der Waals surface area contributed by atoms with Crippen LogP contribution in [-0.4, -0.2) is 41.8 Å². The van der Waals surface area contributed by atoms with Crippen molar-refractivity contribution in [2.45, 2.75) is 38.8 Å². The van der Waals surface area contributed by atoms with Gasteiger partial charge in [-0.25, -0.2) is 9.37 Å². The number of aromatic nitrogens is 2. The van der Waals surface area contributed by atoms with E-state index in [9.17, 15) is 9.18 Å². The summed E-state index contributed by atoms with van der Waals surface area (Å²) in [6, 6.07) is 10.5. The van der Waals surface area contributed by atoms with Gasteiger partial charge in [-0.1, -0.05) is 23.7 Å². The molecule has 2 aliphatic heterocycles. The Bertz CT molecular complexity index is 1180. The van der Waals surface area contributed by atoms with Gasteiger partial charge < -0.3 is 19.5 Å². The SMILES string of the molecule is CC(NC(=O)Cc1ccc(F)c(Cl)c1)c1cc(-c2cn3c(n2)CCC3)ccc1N1CCOCC1. The number of nitrogens with zero attached hydrogens (tertiary/aromatic N) is 3. The third kappa shape index (κ3) is 4.81. The Balaban J connectivity index is 1.40. The molecule has 0 spiro atoms. The molecule has 0 saturated carbocycles. The maximum Gasteiger partial charge on any atom is 0.224 e. The van der Waals surface area contributed by atoms with Gasteiger partial charge in [-0.05, 0) is 48.7 Å². The van der Waals surface area contributed by atoms with Gasteiger partial charge in [0.05, 0.1) is 36.4 Å². The Morgan fingerprint density at radius 3 is 2.79 bits per heavy atom. The molecule has 0 radical (unpaired) electrons.